The Morgan fingerprint density at radius 2 is 1.34 bits per heavy atom. The van der Waals surface area contributed by atoms with Gasteiger partial charge >= 0.3 is 7.60 Å². The lowest BCUT2D eigenvalue weighted by atomic mass is 10.1. The molecule has 11 heteroatoms. The van der Waals surface area contributed by atoms with E-state index in [1.807, 2.05) is 42.5 Å². The lowest BCUT2D eigenvalue weighted by molar-refractivity contribution is -0.125. The van der Waals surface area contributed by atoms with Gasteiger partial charge in [0.15, 0.2) is 5.78 Å². The maximum absolute atomic E-state index is 14.7. The van der Waals surface area contributed by atoms with Gasteiger partial charge in [-0.25, -0.2) is 4.57 Å². The lowest BCUT2D eigenvalue weighted by Gasteiger charge is -2.31. The summed E-state index contributed by atoms with van der Waals surface area (Å²) in [6.45, 7) is 0.931. The van der Waals surface area contributed by atoms with Crippen LogP contribution in [0.5, 0.6) is 23.0 Å². The number of halogens is 1. The summed E-state index contributed by atoms with van der Waals surface area (Å²) < 4.78 is 33.0. The first-order valence-electron chi connectivity index (χ1n) is 15.7. The minimum absolute atomic E-state index is 0. The molecule has 0 saturated carbocycles. The highest BCUT2D eigenvalue weighted by atomic mass is 35.5. The highest BCUT2D eigenvalue weighted by molar-refractivity contribution is 7.55. The number of unbranched alkanes of at least 4 members (excludes halogenated alkanes) is 2. The van der Waals surface area contributed by atoms with Gasteiger partial charge in [0.05, 0.1) is 5.56 Å². The van der Waals surface area contributed by atoms with Gasteiger partial charge in [-0.3, -0.25) is 9.59 Å². The highest BCUT2D eigenvalue weighted by Gasteiger charge is 2.43. The van der Waals surface area contributed by atoms with Crippen molar-refractivity contribution in [3.05, 3.63) is 121 Å². The number of amides is 2. The molecule has 4 aromatic carbocycles. The third-order valence-electron chi connectivity index (χ3n) is 7.73. The van der Waals surface area contributed by atoms with Crippen molar-refractivity contribution in [2.24, 2.45) is 5.73 Å². The fourth-order valence-corrected chi connectivity index (χ4v) is 7.32. The van der Waals surface area contributed by atoms with Crippen LogP contribution in [0, 0.1) is 0 Å². The summed E-state index contributed by atoms with van der Waals surface area (Å²) in [5.74, 6) is 0.0106. The van der Waals surface area contributed by atoms with Gasteiger partial charge in [0.1, 0.15) is 29.0 Å². The summed E-state index contributed by atoms with van der Waals surface area (Å²) in [5, 5.41) is 3.00. The Balaban J connectivity index is 0.00000500. The number of nitrogens with zero attached hydrogens (tertiary/aromatic N) is 1. The molecule has 9 nitrogen and oxygen atoms in total. The van der Waals surface area contributed by atoms with Crippen molar-refractivity contribution in [1.82, 2.24) is 10.2 Å². The lowest BCUT2D eigenvalue weighted by Crippen LogP contribution is -2.49. The number of likely N-dealkylation sites (tertiary alicyclic amines) is 1. The van der Waals surface area contributed by atoms with Crippen molar-refractivity contribution >= 4 is 31.8 Å². The monoisotopic (exact) mass is 677 g/mol. The average Bonchev–Trinajstić information content (AvgIpc) is 3.58. The van der Waals surface area contributed by atoms with Gasteiger partial charge in [-0.1, -0.05) is 79.6 Å². The number of hydrogen-bond donors (Lipinski definition) is 2. The highest BCUT2D eigenvalue weighted by Crippen LogP contribution is 2.53. The first-order chi connectivity index (χ1) is 22.5. The fourth-order valence-electron chi connectivity index (χ4n) is 5.42. The van der Waals surface area contributed by atoms with E-state index >= 15 is 0 Å². The number of carbonyl (C=O) groups excluding carboxylic acids is 2. The Hall–Kier alpha value is -4.30. The molecule has 3 N–H and O–H groups in total. The van der Waals surface area contributed by atoms with Crippen LogP contribution in [0.3, 0.4) is 0 Å². The molecular formula is C36H41ClN3O6P. The number of nitrogens with two attached hydrogens (primary N) is 1. The molecule has 0 bridgehead atoms. The number of nitrogens with one attached hydrogen (secondary N) is 1. The molecule has 47 heavy (non-hydrogen) atoms. The molecule has 0 aliphatic carbocycles. The maximum Gasteiger partial charge on any atom is 0.452 e. The van der Waals surface area contributed by atoms with Gasteiger partial charge in [0.25, 0.3) is 5.91 Å². The molecular weight excluding hydrogens is 637 g/mol. The molecule has 1 fully saturated rings. The van der Waals surface area contributed by atoms with Crippen LogP contribution in [0.2, 0.25) is 0 Å². The van der Waals surface area contributed by atoms with Gasteiger partial charge in [-0.2, -0.15) is 0 Å². The zero-order valence-electron chi connectivity index (χ0n) is 26.1. The molecule has 1 saturated heterocycles. The largest absolute Gasteiger partial charge is 0.457 e. The predicted molar refractivity (Wildman–Crippen MR) is 185 cm³/mol. The van der Waals surface area contributed by atoms with Crippen LogP contribution in [0.1, 0.15) is 48.9 Å². The van der Waals surface area contributed by atoms with Crippen LogP contribution in [0.25, 0.3) is 0 Å². The Labute approximate surface area is 282 Å². The van der Waals surface area contributed by atoms with Crippen LogP contribution < -0.4 is 24.8 Å². The minimum atomic E-state index is -4.05. The van der Waals surface area contributed by atoms with Crippen molar-refractivity contribution in [1.29, 1.82) is 0 Å². The average molecular weight is 678 g/mol. The third-order valence-corrected chi connectivity index (χ3v) is 9.81. The van der Waals surface area contributed by atoms with Gasteiger partial charge in [0, 0.05) is 6.54 Å². The fraction of sp³-hybridized carbons (Fsp3) is 0.278. The Morgan fingerprint density at radius 1 is 0.787 bits per heavy atom. The second-order valence-electron chi connectivity index (χ2n) is 11.1. The number of hydrogen-bond acceptors (Lipinski definition) is 7. The molecule has 2 unspecified atom stereocenters. The normalized spacial score (nSPS) is 14.8. The number of rotatable bonds is 15. The van der Waals surface area contributed by atoms with Gasteiger partial charge in [0.2, 0.25) is 5.91 Å². The van der Waals surface area contributed by atoms with Crippen molar-refractivity contribution in [2.75, 3.05) is 13.1 Å². The van der Waals surface area contributed by atoms with Crippen molar-refractivity contribution in [3.8, 4) is 23.0 Å². The van der Waals surface area contributed by atoms with Gasteiger partial charge < -0.3 is 29.7 Å². The number of ether oxygens (including phenoxy) is 1. The SMILES string of the molecule is Cl.NCCCCCC(NC(=O)C1CCCN1C(=O)c1ccccc1Oc1ccccc1)P(=O)(Oc1ccccc1)Oc1ccccc1. The first-order valence-corrected chi connectivity index (χ1v) is 17.3. The van der Waals surface area contributed by atoms with E-state index in [-0.39, 0.29) is 18.3 Å². The van der Waals surface area contributed by atoms with Crippen molar-refractivity contribution in [2.45, 2.75) is 50.3 Å². The zero-order valence-corrected chi connectivity index (χ0v) is 27.8. The Morgan fingerprint density at radius 3 is 1.94 bits per heavy atom. The van der Waals surface area contributed by atoms with E-state index in [1.54, 1.807) is 77.7 Å². The molecule has 1 aliphatic heterocycles. The second kappa shape index (κ2) is 17.6. The van der Waals surface area contributed by atoms with Crippen LogP contribution >= 0.6 is 20.0 Å². The molecule has 4 aromatic rings. The van der Waals surface area contributed by atoms with E-state index in [1.165, 1.54) is 0 Å². The molecule has 0 radical (unpaired) electrons. The van der Waals surface area contributed by atoms with E-state index in [0.717, 1.165) is 12.8 Å². The molecule has 0 aromatic heterocycles. The Kier molecular flexibility index (Phi) is 13.3. The zero-order chi connectivity index (χ0) is 32.2. The number of benzene rings is 4. The summed E-state index contributed by atoms with van der Waals surface area (Å²) in [6.07, 6.45) is 3.65. The summed E-state index contributed by atoms with van der Waals surface area (Å²) in [4.78, 5) is 29.5. The van der Waals surface area contributed by atoms with Crippen LogP contribution in [-0.2, 0) is 9.36 Å². The molecule has 2 amide bonds. The van der Waals surface area contributed by atoms with Crippen LogP contribution in [0.4, 0.5) is 0 Å². The van der Waals surface area contributed by atoms with Crippen LogP contribution in [0.15, 0.2) is 115 Å². The second-order valence-corrected chi connectivity index (χ2v) is 13.1. The third kappa shape index (κ3) is 9.61. The van der Waals surface area contributed by atoms with Gasteiger partial charge in [-0.05, 0) is 80.8 Å². The molecule has 1 heterocycles. The standard InChI is InChI=1S/C36H40N3O6P.ClH/c37-26-14-4-11-25-34(46(42,44-29-18-7-2-8-19-29)45-30-20-9-3-10-21-30)38-35(40)32-23-15-27-39(32)36(41)31-22-12-13-24-33(31)43-28-16-5-1-6-17-28;/h1-3,5-10,12-13,16-22,24,32,34H,4,11,14-15,23,25-27,37H2,(H,38,40);1H. The molecule has 248 valence electrons. The van der Waals surface area contributed by atoms with Gasteiger partial charge in [-0.15, -0.1) is 12.4 Å². The van der Waals surface area contributed by atoms with E-state index in [0.29, 0.717) is 67.3 Å². The first kappa shape index (κ1) is 35.6. The topological polar surface area (TPSA) is 120 Å². The van der Waals surface area contributed by atoms with Crippen LogP contribution in [-0.4, -0.2) is 41.6 Å². The summed E-state index contributed by atoms with van der Waals surface area (Å²) in [6, 6.07) is 33.0. The molecule has 2 atom stereocenters. The minimum Gasteiger partial charge on any atom is -0.457 e. The van der Waals surface area contributed by atoms with Crippen molar-refractivity contribution in [3.63, 3.8) is 0 Å². The molecule has 1 aliphatic rings. The van der Waals surface area contributed by atoms with E-state index in [2.05, 4.69) is 5.32 Å². The molecule has 0 spiro atoms. The predicted octanol–water partition coefficient (Wildman–Crippen LogP) is 7.82. The summed E-state index contributed by atoms with van der Waals surface area (Å²) in [7, 11) is -4.05. The quantitative estimate of drug-likeness (QED) is 0.0972. The maximum atomic E-state index is 14.7. The molecule has 5 rings (SSSR count). The van der Waals surface area contributed by atoms with E-state index < -0.39 is 25.3 Å². The summed E-state index contributed by atoms with van der Waals surface area (Å²) >= 11 is 0. The van der Waals surface area contributed by atoms with E-state index in [9.17, 15) is 14.2 Å². The number of carbonyl (C=O) groups is 2. The smallest absolute Gasteiger partial charge is 0.452 e. The Bertz CT molecular complexity index is 1570. The number of para-hydroxylation sites is 4. The summed E-state index contributed by atoms with van der Waals surface area (Å²) in [5.41, 5.74) is 6.08. The van der Waals surface area contributed by atoms with E-state index in [4.69, 9.17) is 19.5 Å². The van der Waals surface area contributed by atoms with Crippen molar-refractivity contribution < 1.29 is 27.9 Å².